The van der Waals surface area contributed by atoms with Gasteiger partial charge in [0.2, 0.25) is 11.8 Å². The van der Waals surface area contributed by atoms with Gasteiger partial charge in [0, 0.05) is 25.9 Å². The van der Waals surface area contributed by atoms with Gasteiger partial charge in [0.15, 0.2) is 0 Å². The van der Waals surface area contributed by atoms with Crippen molar-refractivity contribution in [1.29, 1.82) is 0 Å². The Kier molecular flexibility index (Phi) is 5.68. The van der Waals surface area contributed by atoms with Crippen LogP contribution >= 0.6 is 0 Å². The SMILES string of the molecule is CCCCNC(=O)CCc1nnc(-c2cc(C)nn2CC)o1. The van der Waals surface area contributed by atoms with Gasteiger partial charge in [-0.2, -0.15) is 5.10 Å². The molecule has 0 bridgehead atoms. The molecule has 2 heterocycles. The lowest BCUT2D eigenvalue weighted by Crippen LogP contribution is -2.24. The van der Waals surface area contributed by atoms with Gasteiger partial charge in [0.1, 0.15) is 5.69 Å². The zero-order valence-corrected chi connectivity index (χ0v) is 13.4. The Labute approximate surface area is 130 Å². The lowest BCUT2D eigenvalue weighted by atomic mass is 10.3. The first-order chi connectivity index (χ1) is 10.6. The molecule has 0 aliphatic heterocycles. The highest BCUT2D eigenvalue weighted by Gasteiger charge is 2.14. The molecule has 1 amide bonds. The van der Waals surface area contributed by atoms with Crippen LogP contribution in [0.25, 0.3) is 11.6 Å². The van der Waals surface area contributed by atoms with E-state index in [2.05, 4.69) is 27.5 Å². The van der Waals surface area contributed by atoms with Crippen LogP contribution < -0.4 is 5.32 Å². The third kappa shape index (κ3) is 4.16. The summed E-state index contributed by atoms with van der Waals surface area (Å²) in [6.45, 7) is 7.48. The molecule has 0 saturated carbocycles. The smallest absolute Gasteiger partial charge is 0.265 e. The minimum absolute atomic E-state index is 0.0163. The summed E-state index contributed by atoms with van der Waals surface area (Å²) in [4.78, 5) is 11.7. The van der Waals surface area contributed by atoms with Crippen LogP contribution in [0.1, 0.15) is 44.7 Å². The van der Waals surface area contributed by atoms with Crippen molar-refractivity contribution in [3.63, 3.8) is 0 Å². The molecule has 0 atom stereocenters. The van der Waals surface area contributed by atoms with E-state index >= 15 is 0 Å². The fraction of sp³-hybridized carbons (Fsp3) is 0.600. The quantitative estimate of drug-likeness (QED) is 0.755. The third-order valence-electron chi connectivity index (χ3n) is 3.31. The van der Waals surface area contributed by atoms with Crippen molar-refractivity contribution in [2.24, 2.45) is 0 Å². The van der Waals surface area contributed by atoms with Crippen molar-refractivity contribution in [1.82, 2.24) is 25.3 Å². The molecule has 2 aromatic rings. The fourth-order valence-corrected chi connectivity index (χ4v) is 2.13. The monoisotopic (exact) mass is 305 g/mol. The van der Waals surface area contributed by atoms with Gasteiger partial charge in [0.05, 0.1) is 5.69 Å². The molecule has 0 saturated heterocycles. The van der Waals surface area contributed by atoms with E-state index in [-0.39, 0.29) is 5.91 Å². The van der Waals surface area contributed by atoms with Crippen molar-refractivity contribution >= 4 is 5.91 Å². The van der Waals surface area contributed by atoms with Crippen LogP contribution in [0.3, 0.4) is 0 Å². The number of hydrogen-bond acceptors (Lipinski definition) is 5. The normalized spacial score (nSPS) is 10.9. The third-order valence-corrected chi connectivity index (χ3v) is 3.31. The molecule has 2 rings (SSSR count). The second-order valence-corrected chi connectivity index (χ2v) is 5.19. The van der Waals surface area contributed by atoms with Crippen molar-refractivity contribution < 1.29 is 9.21 Å². The lowest BCUT2D eigenvalue weighted by molar-refractivity contribution is -0.121. The van der Waals surface area contributed by atoms with E-state index in [9.17, 15) is 4.79 Å². The van der Waals surface area contributed by atoms with Gasteiger partial charge >= 0.3 is 0 Å². The van der Waals surface area contributed by atoms with E-state index in [1.54, 1.807) is 0 Å². The number of aromatic nitrogens is 4. The molecule has 0 aliphatic rings. The Hall–Kier alpha value is -2.18. The minimum Gasteiger partial charge on any atom is -0.419 e. The van der Waals surface area contributed by atoms with E-state index in [4.69, 9.17) is 4.42 Å². The van der Waals surface area contributed by atoms with Crippen molar-refractivity contribution in [3.05, 3.63) is 17.7 Å². The summed E-state index contributed by atoms with van der Waals surface area (Å²) in [5.74, 6) is 0.939. The summed E-state index contributed by atoms with van der Waals surface area (Å²) in [7, 11) is 0. The van der Waals surface area contributed by atoms with Gasteiger partial charge in [0.25, 0.3) is 5.89 Å². The average molecular weight is 305 g/mol. The summed E-state index contributed by atoms with van der Waals surface area (Å²) >= 11 is 0. The van der Waals surface area contributed by atoms with E-state index in [0.29, 0.717) is 24.6 Å². The molecule has 7 nitrogen and oxygen atoms in total. The molecule has 0 unspecified atom stereocenters. The first-order valence-electron chi connectivity index (χ1n) is 7.78. The lowest BCUT2D eigenvalue weighted by Gasteiger charge is -2.02. The van der Waals surface area contributed by atoms with Gasteiger partial charge in [-0.15, -0.1) is 10.2 Å². The number of aryl methyl sites for hydroxylation is 3. The number of unbranched alkanes of at least 4 members (excludes halogenated alkanes) is 1. The number of hydrogen-bond donors (Lipinski definition) is 1. The molecule has 2 aromatic heterocycles. The molecular formula is C15H23N5O2. The highest BCUT2D eigenvalue weighted by Crippen LogP contribution is 2.19. The Morgan fingerprint density at radius 1 is 1.36 bits per heavy atom. The number of nitrogens with one attached hydrogen (secondary N) is 1. The molecule has 0 aromatic carbocycles. The van der Waals surface area contributed by atoms with Gasteiger partial charge in [-0.05, 0) is 26.3 Å². The topological polar surface area (TPSA) is 85.8 Å². The van der Waals surface area contributed by atoms with Gasteiger partial charge < -0.3 is 9.73 Å². The van der Waals surface area contributed by atoms with Crippen LogP contribution in [0.5, 0.6) is 0 Å². The zero-order chi connectivity index (χ0) is 15.9. The Morgan fingerprint density at radius 2 is 2.18 bits per heavy atom. The van der Waals surface area contributed by atoms with E-state index in [1.165, 1.54) is 0 Å². The summed E-state index contributed by atoms with van der Waals surface area (Å²) in [5, 5.41) is 15.3. The molecule has 0 fully saturated rings. The maximum absolute atomic E-state index is 11.7. The van der Waals surface area contributed by atoms with Gasteiger partial charge in [-0.3, -0.25) is 9.48 Å². The first-order valence-corrected chi connectivity index (χ1v) is 7.78. The number of carbonyl (C=O) groups excluding carboxylic acids is 1. The van der Waals surface area contributed by atoms with E-state index in [0.717, 1.165) is 37.3 Å². The number of carbonyl (C=O) groups is 1. The molecule has 22 heavy (non-hydrogen) atoms. The van der Waals surface area contributed by atoms with Crippen molar-refractivity contribution in [2.75, 3.05) is 6.54 Å². The van der Waals surface area contributed by atoms with Gasteiger partial charge in [-0.1, -0.05) is 13.3 Å². The number of amides is 1. The number of rotatable bonds is 8. The van der Waals surface area contributed by atoms with Crippen LogP contribution in [0, 0.1) is 6.92 Å². The fourth-order valence-electron chi connectivity index (χ4n) is 2.13. The Morgan fingerprint density at radius 3 is 2.91 bits per heavy atom. The molecular weight excluding hydrogens is 282 g/mol. The molecule has 0 aliphatic carbocycles. The van der Waals surface area contributed by atoms with Crippen LogP contribution in [-0.2, 0) is 17.8 Å². The maximum Gasteiger partial charge on any atom is 0.265 e. The standard InChI is InChI=1S/C15H23N5O2/c1-4-6-9-16-13(21)7-8-14-17-18-15(22-14)12-10-11(3)19-20(12)5-2/h10H,4-9H2,1-3H3,(H,16,21). The molecule has 120 valence electrons. The van der Waals surface area contributed by atoms with Crippen molar-refractivity contribution in [2.45, 2.75) is 53.0 Å². The zero-order valence-electron chi connectivity index (χ0n) is 13.4. The van der Waals surface area contributed by atoms with Crippen LogP contribution in [0.2, 0.25) is 0 Å². The maximum atomic E-state index is 11.7. The van der Waals surface area contributed by atoms with Crippen LogP contribution in [-0.4, -0.2) is 32.4 Å². The Balaban J connectivity index is 1.92. The predicted molar refractivity (Wildman–Crippen MR) is 82.2 cm³/mol. The van der Waals surface area contributed by atoms with E-state index in [1.807, 2.05) is 24.6 Å². The summed E-state index contributed by atoms with van der Waals surface area (Å²) < 4.78 is 7.46. The first kappa shape index (κ1) is 16.2. The second kappa shape index (κ2) is 7.72. The molecule has 0 spiro atoms. The highest BCUT2D eigenvalue weighted by molar-refractivity contribution is 5.75. The average Bonchev–Trinajstić information content (AvgIpc) is 3.11. The largest absolute Gasteiger partial charge is 0.419 e. The minimum atomic E-state index is 0.0163. The van der Waals surface area contributed by atoms with Crippen molar-refractivity contribution in [3.8, 4) is 11.6 Å². The summed E-state index contributed by atoms with van der Waals surface area (Å²) in [6.07, 6.45) is 2.87. The predicted octanol–water partition coefficient (Wildman–Crippen LogP) is 2.11. The van der Waals surface area contributed by atoms with Crippen LogP contribution in [0.4, 0.5) is 0 Å². The molecule has 0 radical (unpaired) electrons. The molecule has 7 heteroatoms. The van der Waals surface area contributed by atoms with Crippen LogP contribution in [0.15, 0.2) is 10.5 Å². The Bertz CT molecular complexity index is 617. The van der Waals surface area contributed by atoms with Gasteiger partial charge in [-0.25, -0.2) is 0 Å². The number of nitrogens with zero attached hydrogens (tertiary/aromatic N) is 4. The summed E-state index contributed by atoms with van der Waals surface area (Å²) in [5.41, 5.74) is 1.72. The second-order valence-electron chi connectivity index (χ2n) is 5.19. The highest BCUT2D eigenvalue weighted by atomic mass is 16.4. The van der Waals surface area contributed by atoms with E-state index < -0.39 is 0 Å². The summed E-state index contributed by atoms with van der Waals surface area (Å²) in [6, 6.07) is 1.91. The molecule has 1 N–H and O–H groups in total.